The molecule has 1 heterocycles. The number of hydrogen-bond donors (Lipinski definition) is 0. The summed E-state index contributed by atoms with van der Waals surface area (Å²) >= 11 is 0. The fourth-order valence-corrected chi connectivity index (χ4v) is 3.71. The zero-order chi connectivity index (χ0) is 15.2. The van der Waals surface area contributed by atoms with E-state index in [0.29, 0.717) is 0 Å². The van der Waals surface area contributed by atoms with Crippen molar-refractivity contribution >= 4 is 25.0 Å². The van der Waals surface area contributed by atoms with Crippen molar-refractivity contribution in [3.8, 4) is 0 Å². The molecule has 1 aromatic carbocycles. The highest BCUT2D eigenvalue weighted by Crippen LogP contribution is 2.35. The van der Waals surface area contributed by atoms with E-state index in [1.165, 1.54) is 0 Å². The quantitative estimate of drug-likeness (QED) is 0.621. The molecule has 0 spiro atoms. The second-order valence-corrected chi connectivity index (χ2v) is 10.4. The molecule has 0 aromatic heterocycles. The molecular weight excluding hydrogens is 270 g/mol. The first kappa shape index (κ1) is 15.8. The largest absolute Gasteiger partial charge is 0.494 e. The Bertz CT molecular complexity index is 515. The lowest BCUT2D eigenvalue weighted by molar-refractivity contribution is -0.0716. The molecule has 1 aliphatic rings. The van der Waals surface area contributed by atoms with Crippen LogP contribution in [0.2, 0.25) is 0 Å². The molecule has 1 aromatic rings. The van der Waals surface area contributed by atoms with E-state index in [4.69, 9.17) is 9.31 Å². The SMILES string of the molecule is CC1(C)CC(C)(C)OB(c2ccc(P(C)(C)=O)cc2)O1. The van der Waals surface area contributed by atoms with Gasteiger partial charge in [0.2, 0.25) is 0 Å². The molecular formula is C15H24BO3P. The Morgan fingerprint density at radius 2 is 1.45 bits per heavy atom. The van der Waals surface area contributed by atoms with Gasteiger partial charge in [0.05, 0.1) is 11.2 Å². The van der Waals surface area contributed by atoms with Gasteiger partial charge in [-0.3, -0.25) is 0 Å². The predicted octanol–water partition coefficient (Wildman–Crippen LogP) is 2.62. The van der Waals surface area contributed by atoms with Crippen molar-refractivity contribution in [3.05, 3.63) is 24.3 Å². The van der Waals surface area contributed by atoms with Crippen LogP contribution in [0.15, 0.2) is 24.3 Å². The first-order valence-electron chi connectivity index (χ1n) is 7.00. The maximum absolute atomic E-state index is 12.0. The lowest BCUT2D eigenvalue weighted by Gasteiger charge is -2.44. The topological polar surface area (TPSA) is 35.5 Å². The molecule has 0 N–H and O–H groups in total. The van der Waals surface area contributed by atoms with E-state index >= 15 is 0 Å². The summed E-state index contributed by atoms with van der Waals surface area (Å²) in [6.45, 7) is 11.9. The average molecular weight is 294 g/mol. The second-order valence-electron chi connectivity index (χ2n) is 7.21. The minimum Gasteiger partial charge on any atom is -0.402 e. The number of rotatable bonds is 2. The maximum atomic E-state index is 12.0. The minimum atomic E-state index is -2.21. The van der Waals surface area contributed by atoms with Crippen LogP contribution in [-0.4, -0.2) is 31.7 Å². The van der Waals surface area contributed by atoms with E-state index in [2.05, 4.69) is 27.7 Å². The molecule has 0 atom stereocenters. The molecule has 0 bridgehead atoms. The van der Waals surface area contributed by atoms with E-state index in [-0.39, 0.29) is 18.3 Å². The van der Waals surface area contributed by atoms with E-state index in [0.717, 1.165) is 17.2 Å². The number of hydrogen-bond acceptors (Lipinski definition) is 3. The zero-order valence-corrected chi connectivity index (χ0v) is 14.2. The molecule has 1 aliphatic heterocycles. The highest BCUT2D eigenvalue weighted by atomic mass is 31.2. The van der Waals surface area contributed by atoms with Gasteiger partial charge in [-0.25, -0.2) is 0 Å². The number of benzene rings is 1. The molecule has 0 saturated carbocycles. The molecule has 1 fully saturated rings. The van der Waals surface area contributed by atoms with Crippen LogP contribution < -0.4 is 10.8 Å². The second kappa shape index (κ2) is 5.01. The van der Waals surface area contributed by atoms with Gasteiger partial charge in [0, 0.05) is 11.7 Å². The summed E-state index contributed by atoms with van der Waals surface area (Å²) in [5, 5.41) is 0.885. The Hall–Kier alpha value is -0.565. The zero-order valence-electron chi connectivity index (χ0n) is 13.3. The molecule has 2 rings (SSSR count). The van der Waals surface area contributed by atoms with Crippen molar-refractivity contribution in [1.29, 1.82) is 0 Å². The summed E-state index contributed by atoms with van der Waals surface area (Å²) in [6, 6.07) is 7.74. The monoisotopic (exact) mass is 294 g/mol. The smallest absolute Gasteiger partial charge is 0.402 e. The molecule has 0 unspecified atom stereocenters. The van der Waals surface area contributed by atoms with Gasteiger partial charge in [-0.2, -0.15) is 0 Å². The van der Waals surface area contributed by atoms with Crippen LogP contribution in [0.3, 0.4) is 0 Å². The lowest BCUT2D eigenvalue weighted by atomic mass is 9.73. The van der Waals surface area contributed by atoms with Crippen LogP contribution in [0, 0.1) is 0 Å². The molecule has 3 nitrogen and oxygen atoms in total. The molecule has 110 valence electrons. The Balaban J connectivity index is 2.25. The third-order valence-electron chi connectivity index (χ3n) is 3.49. The maximum Gasteiger partial charge on any atom is 0.494 e. The lowest BCUT2D eigenvalue weighted by Crippen LogP contribution is -2.56. The Kier molecular flexibility index (Phi) is 3.96. The van der Waals surface area contributed by atoms with Crippen molar-refractivity contribution in [2.24, 2.45) is 0 Å². The van der Waals surface area contributed by atoms with Crippen molar-refractivity contribution in [1.82, 2.24) is 0 Å². The predicted molar refractivity (Wildman–Crippen MR) is 85.9 cm³/mol. The van der Waals surface area contributed by atoms with Gasteiger partial charge in [-0.1, -0.05) is 24.3 Å². The fourth-order valence-electron chi connectivity index (χ4n) is 2.84. The van der Waals surface area contributed by atoms with Crippen LogP contribution in [0.1, 0.15) is 34.1 Å². The normalized spacial score (nSPS) is 21.8. The first-order valence-corrected chi connectivity index (χ1v) is 9.60. The van der Waals surface area contributed by atoms with Crippen LogP contribution in [-0.2, 0) is 13.9 Å². The molecule has 1 saturated heterocycles. The summed E-state index contributed by atoms with van der Waals surface area (Å²) in [7, 11) is -2.58. The summed E-state index contributed by atoms with van der Waals surface area (Å²) in [5.74, 6) is 0. The van der Waals surface area contributed by atoms with Crippen molar-refractivity contribution in [2.75, 3.05) is 13.3 Å². The van der Waals surface area contributed by atoms with E-state index in [1.54, 1.807) is 13.3 Å². The van der Waals surface area contributed by atoms with Gasteiger partial charge >= 0.3 is 7.12 Å². The third-order valence-corrected chi connectivity index (χ3v) is 5.03. The van der Waals surface area contributed by atoms with Gasteiger partial charge in [0.15, 0.2) is 0 Å². The van der Waals surface area contributed by atoms with Gasteiger partial charge in [-0.15, -0.1) is 0 Å². The Labute approximate surface area is 122 Å². The molecule has 0 aliphatic carbocycles. The van der Waals surface area contributed by atoms with Crippen LogP contribution in [0.5, 0.6) is 0 Å². The molecule has 0 amide bonds. The minimum absolute atomic E-state index is 0.212. The average Bonchev–Trinajstić information content (AvgIpc) is 2.24. The van der Waals surface area contributed by atoms with Gasteiger partial charge in [0.25, 0.3) is 0 Å². The molecule has 5 heteroatoms. The van der Waals surface area contributed by atoms with Crippen molar-refractivity contribution in [3.63, 3.8) is 0 Å². The van der Waals surface area contributed by atoms with E-state index < -0.39 is 7.14 Å². The van der Waals surface area contributed by atoms with Crippen LogP contribution in [0.25, 0.3) is 0 Å². The summed E-state index contributed by atoms with van der Waals surface area (Å²) in [6.07, 6.45) is 0.855. The summed E-state index contributed by atoms with van der Waals surface area (Å²) < 4.78 is 24.1. The van der Waals surface area contributed by atoms with Crippen molar-refractivity contribution < 1.29 is 13.9 Å². The molecule has 0 radical (unpaired) electrons. The van der Waals surface area contributed by atoms with Crippen LogP contribution in [0.4, 0.5) is 0 Å². The summed E-state index contributed by atoms with van der Waals surface area (Å²) in [4.78, 5) is 0. The summed E-state index contributed by atoms with van der Waals surface area (Å²) in [5.41, 5.74) is 0.550. The standard InChI is InChI=1S/C15H24BO3P/c1-14(2)11-15(3,4)19-16(18-14)12-7-9-13(10-8-12)20(5,6)17/h7-10H,11H2,1-6H3. The third kappa shape index (κ3) is 3.75. The fraction of sp³-hybridized carbons (Fsp3) is 0.600. The molecule has 20 heavy (non-hydrogen) atoms. The van der Waals surface area contributed by atoms with Gasteiger partial charge < -0.3 is 13.9 Å². The van der Waals surface area contributed by atoms with Gasteiger partial charge in [0.1, 0.15) is 7.14 Å². The van der Waals surface area contributed by atoms with E-state index in [9.17, 15) is 4.57 Å². The Morgan fingerprint density at radius 1 is 1.00 bits per heavy atom. The van der Waals surface area contributed by atoms with E-state index in [1.807, 2.05) is 24.3 Å². The highest BCUT2D eigenvalue weighted by molar-refractivity contribution is 7.70. The van der Waals surface area contributed by atoms with Crippen molar-refractivity contribution in [2.45, 2.75) is 45.3 Å². The highest BCUT2D eigenvalue weighted by Gasteiger charge is 2.43. The van der Waals surface area contributed by atoms with Gasteiger partial charge in [-0.05, 0) is 46.5 Å². The Morgan fingerprint density at radius 3 is 1.85 bits per heavy atom. The van der Waals surface area contributed by atoms with Crippen LogP contribution >= 0.6 is 7.14 Å². The first-order chi connectivity index (χ1) is 8.99.